The third-order valence-electron chi connectivity index (χ3n) is 5.74. The molecule has 176 valence electrons. The Morgan fingerprint density at radius 2 is 1.73 bits per heavy atom. The van der Waals surface area contributed by atoms with E-state index in [2.05, 4.69) is 4.98 Å². The first-order valence-electron chi connectivity index (χ1n) is 10.2. The maximum atomic E-state index is 13.2. The quantitative estimate of drug-likeness (QED) is 0.565. The van der Waals surface area contributed by atoms with Crippen molar-refractivity contribution in [1.29, 1.82) is 0 Å². The van der Waals surface area contributed by atoms with Gasteiger partial charge in [0, 0.05) is 49.0 Å². The molecule has 3 aromatic rings. The Kier molecular flexibility index (Phi) is 6.10. The number of alkyl halides is 3. The van der Waals surface area contributed by atoms with Crippen LogP contribution in [-0.4, -0.2) is 57.0 Å². The molecule has 1 aromatic heterocycles. The van der Waals surface area contributed by atoms with Crippen LogP contribution >= 0.6 is 0 Å². The maximum absolute atomic E-state index is 13.2. The molecule has 4 rings (SSSR count). The van der Waals surface area contributed by atoms with Crippen molar-refractivity contribution in [3.8, 4) is 0 Å². The lowest BCUT2D eigenvalue weighted by Crippen LogP contribution is -2.48. The predicted molar refractivity (Wildman–Crippen MR) is 116 cm³/mol. The van der Waals surface area contributed by atoms with Crippen LogP contribution in [0.1, 0.15) is 11.1 Å². The van der Waals surface area contributed by atoms with E-state index in [4.69, 9.17) is 4.74 Å². The van der Waals surface area contributed by atoms with E-state index in [1.54, 1.807) is 18.3 Å². The molecule has 2 aromatic carbocycles. The number of carbonyl (C=O) groups excluding carboxylic acids is 1. The molecular weight excluding hydrogens is 459 g/mol. The third kappa shape index (κ3) is 4.69. The average molecular weight is 481 g/mol. The Bertz CT molecular complexity index is 1260. The summed E-state index contributed by atoms with van der Waals surface area (Å²) in [5.41, 5.74) is 1.24. The molecule has 33 heavy (non-hydrogen) atoms. The number of hydrogen-bond acceptors (Lipinski definition) is 5. The smallest absolute Gasteiger partial charge is 0.416 e. The van der Waals surface area contributed by atoms with Crippen LogP contribution in [0.5, 0.6) is 0 Å². The number of nitrogens with zero attached hydrogens (tertiary/aromatic N) is 2. The third-order valence-corrected chi connectivity index (χ3v) is 7.63. The summed E-state index contributed by atoms with van der Waals surface area (Å²) < 4.78 is 70.8. The Morgan fingerprint density at radius 1 is 1.06 bits per heavy atom. The second-order valence-corrected chi connectivity index (χ2v) is 9.65. The summed E-state index contributed by atoms with van der Waals surface area (Å²) in [6, 6.07) is 9.56. The number of ether oxygens (including phenoxy) is 1. The van der Waals surface area contributed by atoms with Crippen molar-refractivity contribution in [1.82, 2.24) is 9.29 Å². The molecule has 0 aliphatic carbocycles. The zero-order chi connectivity index (χ0) is 23.8. The molecule has 0 unspecified atom stereocenters. The molecule has 0 atom stereocenters. The normalized spacial score (nSPS) is 15.7. The number of carbonyl (C=O) groups is 1. The van der Waals surface area contributed by atoms with Crippen LogP contribution in [0.25, 0.3) is 10.9 Å². The second kappa shape index (κ2) is 8.71. The molecular formula is C22H22F3N3O4S. The largest absolute Gasteiger partial charge is 0.469 e. The summed E-state index contributed by atoms with van der Waals surface area (Å²) in [4.78, 5) is 16.6. The van der Waals surface area contributed by atoms with Crippen molar-refractivity contribution in [2.24, 2.45) is 0 Å². The number of fused-ring (bicyclic) bond motifs is 1. The van der Waals surface area contributed by atoms with Crippen molar-refractivity contribution in [2.45, 2.75) is 17.5 Å². The van der Waals surface area contributed by atoms with Crippen LogP contribution in [0.3, 0.4) is 0 Å². The Labute approximate surface area is 188 Å². The van der Waals surface area contributed by atoms with Crippen LogP contribution in [0.15, 0.2) is 53.6 Å². The summed E-state index contributed by atoms with van der Waals surface area (Å²) in [5.74, 6) is -0.427. The van der Waals surface area contributed by atoms with E-state index in [9.17, 15) is 26.4 Å². The molecule has 1 fully saturated rings. The van der Waals surface area contributed by atoms with Gasteiger partial charge in [0.25, 0.3) is 0 Å². The van der Waals surface area contributed by atoms with Gasteiger partial charge in [0.15, 0.2) is 0 Å². The highest BCUT2D eigenvalue weighted by Crippen LogP contribution is 2.31. The molecule has 2 heterocycles. The van der Waals surface area contributed by atoms with Crippen LogP contribution in [0.2, 0.25) is 0 Å². The van der Waals surface area contributed by atoms with Crippen LogP contribution in [-0.2, 0) is 32.2 Å². The van der Waals surface area contributed by atoms with Gasteiger partial charge in [-0.1, -0.05) is 0 Å². The van der Waals surface area contributed by atoms with Gasteiger partial charge in [0.1, 0.15) is 0 Å². The molecule has 1 aliphatic rings. The number of H-pyrrole nitrogens is 1. The molecule has 7 nitrogen and oxygen atoms in total. The van der Waals surface area contributed by atoms with Gasteiger partial charge in [-0.3, -0.25) is 4.79 Å². The van der Waals surface area contributed by atoms with Gasteiger partial charge in [-0.2, -0.15) is 17.5 Å². The number of anilines is 1. The molecule has 0 bridgehead atoms. The van der Waals surface area contributed by atoms with E-state index < -0.39 is 27.7 Å². The molecule has 0 radical (unpaired) electrons. The lowest BCUT2D eigenvalue weighted by molar-refractivity contribution is -0.140. The number of esters is 1. The zero-order valence-corrected chi connectivity index (χ0v) is 18.5. The Hall–Kier alpha value is -3.05. The molecule has 1 aliphatic heterocycles. The fourth-order valence-corrected chi connectivity index (χ4v) is 5.34. The molecule has 0 saturated carbocycles. The summed E-state index contributed by atoms with van der Waals surface area (Å²) in [6.07, 6.45) is -2.73. The van der Waals surface area contributed by atoms with Gasteiger partial charge < -0.3 is 14.6 Å². The first-order chi connectivity index (χ1) is 15.6. The van der Waals surface area contributed by atoms with Gasteiger partial charge >= 0.3 is 12.1 Å². The summed E-state index contributed by atoms with van der Waals surface area (Å²) in [5, 5.41) is 0.630. The lowest BCUT2D eigenvalue weighted by atomic mass is 10.1. The fourth-order valence-electron chi connectivity index (χ4n) is 3.89. The maximum Gasteiger partial charge on any atom is 0.416 e. The van der Waals surface area contributed by atoms with E-state index in [1.807, 2.05) is 4.90 Å². The number of nitrogens with one attached hydrogen (secondary N) is 1. The minimum absolute atomic E-state index is 0.0196. The van der Waals surface area contributed by atoms with Gasteiger partial charge in [-0.05, 0) is 48.0 Å². The van der Waals surface area contributed by atoms with Crippen molar-refractivity contribution in [2.75, 3.05) is 38.2 Å². The topological polar surface area (TPSA) is 82.7 Å². The van der Waals surface area contributed by atoms with E-state index in [0.717, 1.165) is 12.1 Å². The second-order valence-electron chi connectivity index (χ2n) is 7.71. The SMILES string of the molecule is COC(=O)Cc1c[nH]c2ccc(S(=O)(=O)N3CCN(c4ccc(C(F)(F)F)cc4)CC3)cc12. The fraction of sp³-hybridized carbons (Fsp3) is 0.318. The van der Waals surface area contributed by atoms with E-state index in [-0.39, 0.29) is 24.4 Å². The van der Waals surface area contributed by atoms with E-state index >= 15 is 0 Å². The molecule has 0 spiro atoms. The minimum atomic E-state index is -4.40. The zero-order valence-electron chi connectivity index (χ0n) is 17.7. The van der Waals surface area contributed by atoms with Crippen LogP contribution in [0, 0.1) is 0 Å². The number of piperazine rings is 1. The number of aromatic amines is 1. The van der Waals surface area contributed by atoms with Gasteiger partial charge in [-0.25, -0.2) is 8.42 Å². The lowest BCUT2D eigenvalue weighted by Gasteiger charge is -2.35. The molecule has 1 saturated heterocycles. The predicted octanol–water partition coefficient (Wildman–Crippen LogP) is 3.41. The number of aromatic nitrogens is 1. The minimum Gasteiger partial charge on any atom is -0.469 e. The highest BCUT2D eigenvalue weighted by molar-refractivity contribution is 7.89. The highest BCUT2D eigenvalue weighted by atomic mass is 32.2. The van der Waals surface area contributed by atoms with Crippen molar-refractivity contribution in [3.63, 3.8) is 0 Å². The van der Waals surface area contributed by atoms with Crippen molar-refractivity contribution >= 4 is 32.6 Å². The average Bonchev–Trinajstić information content (AvgIpc) is 3.20. The molecule has 0 amide bonds. The number of rotatable bonds is 5. The first kappa shape index (κ1) is 23.1. The van der Waals surface area contributed by atoms with Crippen LogP contribution in [0.4, 0.5) is 18.9 Å². The number of methoxy groups -OCH3 is 1. The number of sulfonamides is 1. The Morgan fingerprint density at radius 3 is 2.33 bits per heavy atom. The number of hydrogen-bond donors (Lipinski definition) is 1. The van der Waals surface area contributed by atoms with Gasteiger partial charge in [-0.15, -0.1) is 0 Å². The van der Waals surface area contributed by atoms with Crippen molar-refractivity contribution in [3.05, 3.63) is 59.8 Å². The van der Waals surface area contributed by atoms with Crippen molar-refractivity contribution < 1.29 is 31.1 Å². The summed E-state index contributed by atoms with van der Waals surface area (Å²) >= 11 is 0. The highest BCUT2D eigenvalue weighted by Gasteiger charge is 2.31. The molecule has 11 heteroatoms. The van der Waals surface area contributed by atoms with Gasteiger partial charge in [0.2, 0.25) is 10.0 Å². The Balaban J connectivity index is 1.49. The number of benzene rings is 2. The standard InChI is InChI=1S/C22H22F3N3O4S/c1-32-21(29)12-15-14-26-20-7-6-18(13-19(15)20)33(30,31)28-10-8-27(9-11-28)17-4-2-16(3-5-17)22(23,24)25/h2-7,13-14,26H,8-12H2,1H3. The number of halogens is 3. The van der Waals surface area contributed by atoms with Crippen LogP contribution < -0.4 is 4.90 Å². The summed E-state index contributed by atoms with van der Waals surface area (Å²) in [7, 11) is -2.50. The van der Waals surface area contributed by atoms with E-state index in [1.165, 1.54) is 29.6 Å². The van der Waals surface area contributed by atoms with E-state index in [0.29, 0.717) is 35.2 Å². The monoisotopic (exact) mass is 481 g/mol. The molecule has 1 N–H and O–H groups in total. The first-order valence-corrected chi connectivity index (χ1v) is 11.6. The van der Waals surface area contributed by atoms with Gasteiger partial charge in [0.05, 0.1) is 24.0 Å². The summed E-state index contributed by atoms with van der Waals surface area (Å²) in [6.45, 7) is 1.10.